The van der Waals surface area contributed by atoms with Gasteiger partial charge in [-0.2, -0.15) is 0 Å². The van der Waals surface area contributed by atoms with Crippen LogP contribution in [0.15, 0.2) is 12.4 Å². The third kappa shape index (κ3) is 1.82. The van der Waals surface area contributed by atoms with Crippen LogP contribution >= 0.6 is 0 Å². The summed E-state index contributed by atoms with van der Waals surface area (Å²) in [5.74, 6) is 1.21. The van der Waals surface area contributed by atoms with Crippen LogP contribution in [-0.2, 0) is 6.54 Å². The van der Waals surface area contributed by atoms with Crippen LogP contribution < -0.4 is 5.32 Å². The highest BCUT2D eigenvalue weighted by molar-refractivity contribution is 5.01. The van der Waals surface area contributed by atoms with Crippen molar-refractivity contribution in [1.29, 1.82) is 0 Å². The molecule has 14 heavy (non-hydrogen) atoms. The molecule has 0 aromatic carbocycles. The Hall–Kier alpha value is -0.830. The van der Waals surface area contributed by atoms with Crippen molar-refractivity contribution in [1.82, 2.24) is 14.9 Å². The van der Waals surface area contributed by atoms with Crippen molar-refractivity contribution in [3.63, 3.8) is 0 Å². The van der Waals surface area contributed by atoms with E-state index >= 15 is 0 Å². The number of hydrogen-bond acceptors (Lipinski definition) is 2. The molecule has 0 saturated carbocycles. The van der Waals surface area contributed by atoms with Crippen molar-refractivity contribution in [3.8, 4) is 0 Å². The monoisotopic (exact) mass is 193 g/mol. The van der Waals surface area contributed by atoms with Crippen molar-refractivity contribution in [2.45, 2.75) is 51.7 Å². The van der Waals surface area contributed by atoms with Gasteiger partial charge in [-0.05, 0) is 33.1 Å². The van der Waals surface area contributed by atoms with E-state index in [4.69, 9.17) is 0 Å². The fourth-order valence-electron chi connectivity index (χ4n) is 2.24. The molecule has 0 amide bonds. The summed E-state index contributed by atoms with van der Waals surface area (Å²) in [6.07, 6.45) is 7.80. The maximum Gasteiger partial charge on any atom is 0.125 e. The van der Waals surface area contributed by atoms with Gasteiger partial charge in [0.2, 0.25) is 0 Å². The molecule has 1 fully saturated rings. The summed E-state index contributed by atoms with van der Waals surface area (Å²) in [6.45, 7) is 5.44. The molecule has 0 spiro atoms. The van der Waals surface area contributed by atoms with Crippen molar-refractivity contribution in [3.05, 3.63) is 18.2 Å². The lowest BCUT2D eigenvalue weighted by molar-refractivity contribution is 0.324. The second-order valence-electron chi connectivity index (χ2n) is 4.12. The molecular weight excluding hydrogens is 174 g/mol. The zero-order valence-corrected chi connectivity index (χ0v) is 9.03. The van der Waals surface area contributed by atoms with Gasteiger partial charge < -0.3 is 9.88 Å². The first-order valence-electron chi connectivity index (χ1n) is 5.58. The van der Waals surface area contributed by atoms with Crippen molar-refractivity contribution >= 4 is 0 Å². The average Bonchev–Trinajstić information content (AvgIpc) is 2.65. The Morgan fingerprint density at radius 3 is 3.14 bits per heavy atom. The smallest absolute Gasteiger partial charge is 0.125 e. The van der Waals surface area contributed by atoms with Gasteiger partial charge in [0.1, 0.15) is 5.82 Å². The van der Waals surface area contributed by atoms with Crippen LogP contribution in [0.3, 0.4) is 0 Å². The lowest BCUT2D eigenvalue weighted by atomic mass is 9.99. The molecule has 1 aliphatic rings. The molecule has 1 aliphatic heterocycles. The van der Waals surface area contributed by atoms with E-state index in [0.29, 0.717) is 12.1 Å². The van der Waals surface area contributed by atoms with E-state index in [1.165, 1.54) is 25.1 Å². The third-order valence-corrected chi connectivity index (χ3v) is 3.02. The minimum absolute atomic E-state index is 0.466. The van der Waals surface area contributed by atoms with Crippen molar-refractivity contribution < 1.29 is 0 Å². The Morgan fingerprint density at radius 1 is 1.57 bits per heavy atom. The predicted octanol–water partition coefficient (Wildman–Crippen LogP) is 2.11. The number of nitrogens with zero attached hydrogens (tertiary/aromatic N) is 2. The fourth-order valence-corrected chi connectivity index (χ4v) is 2.24. The second kappa shape index (κ2) is 4.13. The topological polar surface area (TPSA) is 29.9 Å². The van der Waals surface area contributed by atoms with Gasteiger partial charge in [0.15, 0.2) is 0 Å². The maximum absolute atomic E-state index is 4.45. The van der Waals surface area contributed by atoms with Crippen molar-refractivity contribution in [2.75, 3.05) is 0 Å². The summed E-state index contributed by atoms with van der Waals surface area (Å²) < 4.78 is 2.23. The molecule has 1 aromatic rings. The zero-order chi connectivity index (χ0) is 9.97. The van der Waals surface area contributed by atoms with Crippen LogP contribution in [0.25, 0.3) is 0 Å². The molecule has 1 aromatic heterocycles. The maximum atomic E-state index is 4.45. The van der Waals surface area contributed by atoms with Crippen LogP contribution in [0.1, 0.15) is 45.0 Å². The third-order valence-electron chi connectivity index (χ3n) is 3.02. The first kappa shape index (κ1) is 9.71. The van der Waals surface area contributed by atoms with Gasteiger partial charge in [-0.25, -0.2) is 4.98 Å². The SMILES string of the molecule is CCn1ccnc1C1CCCC(C)N1. The molecule has 0 aliphatic carbocycles. The quantitative estimate of drug-likeness (QED) is 0.779. The summed E-state index contributed by atoms with van der Waals surface area (Å²) in [7, 11) is 0. The first-order chi connectivity index (χ1) is 6.81. The minimum atomic E-state index is 0.466. The molecule has 0 radical (unpaired) electrons. The van der Waals surface area contributed by atoms with Crippen LogP contribution in [0.4, 0.5) is 0 Å². The molecule has 3 heteroatoms. The molecule has 78 valence electrons. The van der Waals surface area contributed by atoms with Gasteiger partial charge in [0, 0.05) is 25.0 Å². The van der Waals surface area contributed by atoms with E-state index in [2.05, 4.69) is 34.9 Å². The molecule has 0 bridgehead atoms. The van der Waals surface area contributed by atoms with E-state index in [1.54, 1.807) is 0 Å². The molecule has 2 heterocycles. The highest BCUT2D eigenvalue weighted by Gasteiger charge is 2.22. The molecule has 3 nitrogen and oxygen atoms in total. The summed E-state index contributed by atoms with van der Waals surface area (Å²) in [6, 6.07) is 1.10. The van der Waals surface area contributed by atoms with E-state index in [-0.39, 0.29) is 0 Å². The number of rotatable bonds is 2. The summed E-state index contributed by atoms with van der Waals surface area (Å²) in [5, 5.41) is 3.61. The molecule has 2 rings (SSSR count). The molecule has 1 saturated heterocycles. The highest BCUT2D eigenvalue weighted by atomic mass is 15.1. The number of hydrogen-bond donors (Lipinski definition) is 1. The lowest BCUT2D eigenvalue weighted by Gasteiger charge is -2.28. The number of nitrogens with one attached hydrogen (secondary N) is 1. The van der Waals surface area contributed by atoms with Crippen LogP contribution in [0, 0.1) is 0 Å². The predicted molar refractivity (Wildman–Crippen MR) is 57.1 cm³/mol. The minimum Gasteiger partial charge on any atom is -0.334 e. The Labute approximate surface area is 85.5 Å². The van der Waals surface area contributed by atoms with Gasteiger partial charge in [-0.1, -0.05) is 0 Å². The highest BCUT2D eigenvalue weighted by Crippen LogP contribution is 2.24. The Balaban J connectivity index is 2.13. The van der Waals surface area contributed by atoms with Gasteiger partial charge in [-0.3, -0.25) is 0 Å². The summed E-state index contributed by atoms with van der Waals surface area (Å²) in [5.41, 5.74) is 0. The molecule has 2 unspecified atom stereocenters. The zero-order valence-electron chi connectivity index (χ0n) is 9.03. The van der Waals surface area contributed by atoms with E-state index in [9.17, 15) is 0 Å². The summed E-state index contributed by atoms with van der Waals surface area (Å²) >= 11 is 0. The number of piperidine rings is 1. The van der Waals surface area contributed by atoms with E-state index < -0.39 is 0 Å². The van der Waals surface area contributed by atoms with Crippen LogP contribution in [0.2, 0.25) is 0 Å². The second-order valence-corrected chi connectivity index (χ2v) is 4.12. The van der Waals surface area contributed by atoms with E-state index in [1.807, 2.05) is 6.20 Å². The Morgan fingerprint density at radius 2 is 2.43 bits per heavy atom. The molecule has 2 atom stereocenters. The average molecular weight is 193 g/mol. The lowest BCUT2D eigenvalue weighted by Crippen LogP contribution is -2.36. The Kier molecular flexibility index (Phi) is 2.87. The Bertz CT molecular complexity index is 292. The first-order valence-corrected chi connectivity index (χ1v) is 5.58. The normalized spacial score (nSPS) is 27.9. The fraction of sp³-hybridized carbons (Fsp3) is 0.727. The number of aryl methyl sites for hydroxylation is 1. The molecule has 1 N–H and O–H groups in total. The van der Waals surface area contributed by atoms with Gasteiger partial charge in [-0.15, -0.1) is 0 Å². The van der Waals surface area contributed by atoms with Crippen LogP contribution in [-0.4, -0.2) is 15.6 Å². The van der Waals surface area contributed by atoms with Crippen molar-refractivity contribution in [2.24, 2.45) is 0 Å². The van der Waals surface area contributed by atoms with E-state index in [0.717, 1.165) is 6.54 Å². The number of aromatic nitrogens is 2. The van der Waals surface area contributed by atoms with Crippen LogP contribution in [0.5, 0.6) is 0 Å². The van der Waals surface area contributed by atoms with Gasteiger partial charge in [0.25, 0.3) is 0 Å². The van der Waals surface area contributed by atoms with Gasteiger partial charge >= 0.3 is 0 Å². The number of imidazole rings is 1. The molecular formula is C11H19N3. The largest absolute Gasteiger partial charge is 0.334 e. The standard InChI is InChI=1S/C11H19N3/c1-3-14-8-7-12-11(14)10-6-4-5-9(2)13-10/h7-10,13H,3-6H2,1-2H3. The summed E-state index contributed by atoms with van der Waals surface area (Å²) in [4.78, 5) is 4.45. The van der Waals surface area contributed by atoms with Gasteiger partial charge in [0.05, 0.1) is 6.04 Å².